The highest BCUT2D eigenvalue weighted by atomic mass is 79.9. The van der Waals surface area contributed by atoms with E-state index in [0.717, 1.165) is 10.0 Å². The molecule has 2 aromatic carbocycles. The second-order valence-electron chi connectivity index (χ2n) is 5.00. The number of rotatable bonds is 4. The monoisotopic (exact) mass is 383 g/mol. The van der Waals surface area contributed by atoms with Crippen molar-refractivity contribution in [1.82, 2.24) is 5.43 Å². The minimum Gasteiger partial charge on any atom is -0.455 e. The summed E-state index contributed by atoms with van der Waals surface area (Å²) in [6.07, 6.45) is 1.45. The summed E-state index contributed by atoms with van der Waals surface area (Å²) in [7, 11) is 0. The number of carbonyl (C=O) groups excluding carboxylic acids is 1. The Morgan fingerprint density at radius 2 is 1.83 bits per heavy atom. The standard InChI is InChI=1S/C18H14BrN3O2/c19-16-4-2-1-3-15(16)17-10-9-14(24-17)11-21-22-18(23)12-5-7-13(20)8-6-12/h1-11H,20H2,(H,22,23)/b21-11-. The van der Waals surface area contributed by atoms with Crippen molar-refractivity contribution in [3.05, 3.63) is 76.5 Å². The van der Waals surface area contributed by atoms with E-state index >= 15 is 0 Å². The molecule has 1 amide bonds. The summed E-state index contributed by atoms with van der Waals surface area (Å²) >= 11 is 3.49. The first kappa shape index (κ1) is 16.0. The number of nitrogen functional groups attached to an aromatic ring is 1. The zero-order valence-corrected chi connectivity index (χ0v) is 14.2. The summed E-state index contributed by atoms with van der Waals surface area (Å²) in [4.78, 5) is 11.9. The highest BCUT2D eigenvalue weighted by molar-refractivity contribution is 9.10. The number of nitrogens with one attached hydrogen (secondary N) is 1. The van der Waals surface area contributed by atoms with Gasteiger partial charge in [0.1, 0.15) is 11.5 Å². The van der Waals surface area contributed by atoms with Gasteiger partial charge in [-0.3, -0.25) is 4.79 Å². The fourth-order valence-corrected chi connectivity index (χ4v) is 2.56. The number of anilines is 1. The molecule has 0 saturated heterocycles. The quantitative estimate of drug-likeness (QED) is 0.405. The Kier molecular flexibility index (Phi) is 4.77. The Labute approximate surface area is 147 Å². The molecule has 0 radical (unpaired) electrons. The zero-order valence-electron chi connectivity index (χ0n) is 12.6. The van der Waals surface area contributed by atoms with Crippen molar-refractivity contribution in [3.8, 4) is 11.3 Å². The smallest absolute Gasteiger partial charge is 0.271 e. The molecule has 0 spiro atoms. The number of furan rings is 1. The van der Waals surface area contributed by atoms with Gasteiger partial charge in [0, 0.05) is 21.3 Å². The number of hydrogen-bond donors (Lipinski definition) is 2. The number of halogens is 1. The molecule has 1 heterocycles. The fourth-order valence-electron chi connectivity index (χ4n) is 2.08. The van der Waals surface area contributed by atoms with Gasteiger partial charge in [0.15, 0.2) is 0 Å². The Balaban J connectivity index is 1.66. The molecule has 5 nitrogen and oxygen atoms in total. The normalized spacial score (nSPS) is 10.9. The van der Waals surface area contributed by atoms with Gasteiger partial charge < -0.3 is 10.2 Å². The minimum absolute atomic E-state index is 0.316. The van der Waals surface area contributed by atoms with Crippen LogP contribution < -0.4 is 11.2 Å². The molecule has 0 fully saturated rings. The average Bonchev–Trinajstić information content (AvgIpc) is 3.04. The van der Waals surface area contributed by atoms with Crippen LogP contribution in [0.15, 0.2) is 74.7 Å². The number of hydrazone groups is 1. The van der Waals surface area contributed by atoms with Crippen LogP contribution >= 0.6 is 15.9 Å². The lowest BCUT2D eigenvalue weighted by molar-refractivity contribution is 0.0955. The van der Waals surface area contributed by atoms with Crippen molar-refractivity contribution in [2.45, 2.75) is 0 Å². The van der Waals surface area contributed by atoms with E-state index in [9.17, 15) is 4.79 Å². The van der Waals surface area contributed by atoms with Crippen LogP contribution in [-0.2, 0) is 0 Å². The molecule has 0 aliphatic carbocycles. The third kappa shape index (κ3) is 3.72. The minimum atomic E-state index is -0.316. The maximum absolute atomic E-state index is 11.9. The molecule has 120 valence electrons. The van der Waals surface area contributed by atoms with E-state index in [4.69, 9.17) is 10.2 Å². The summed E-state index contributed by atoms with van der Waals surface area (Å²) in [5.74, 6) is 0.941. The van der Waals surface area contributed by atoms with E-state index in [1.54, 1.807) is 30.3 Å². The van der Waals surface area contributed by atoms with Crippen LogP contribution in [-0.4, -0.2) is 12.1 Å². The summed E-state index contributed by atoms with van der Waals surface area (Å²) in [5, 5.41) is 3.91. The molecule has 3 N–H and O–H groups in total. The molecule has 0 unspecified atom stereocenters. The van der Waals surface area contributed by atoms with Gasteiger partial charge >= 0.3 is 0 Å². The molecule has 24 heavy (non-hydrogen) atoms. The van der Waals surface area contributed by atoms with Gasteiger partial charge in [-0.25, -0.2) is 5.43 Å². The Morgan fingerprint density at radius 3 is 2.58 bits per heavy atom. The third-order valence-corrected chi connectivity index (χ3v) is 3.99. The Hall–Kier alpha value is -2.86. The largest absolute Gasteiger partial charge is 0.455 e. The summed E-state index contributed by atoms with van der Waals surface area (Å²) in [5.41, 5.74) is 10.1. The van der Waals surface area contributed by atoms with Gasteiger partial charge in [-0.1, -0.05) is 34.1 Å². The van der Waals surface area contributed by atoms with Crippen molar-refractivity contribution in [2.75, 3.05) is 5.73 Å². The maximum Gasteiger partial charge on any atom is 0.271 e. The van der Waals surface area contributed by atoms with Gasteiger partial charge in [-0.15, -0.1) is 0 Å². The zero-order chi connectivity index (χ0) is 16.9. The van der Waals surface area contributed by atoms with Crippen LogP contribution in [0.1, 0.15) is 16.1 Å². The lowest BCUT2D eigenvalue weighted by Gasteiger charge is -2.00. The second-order valence-corrected chi connectivity index (χ2v) is 5.86. The van der Waals surface area contributed by atoms with Gasteiger partial charge in [0.25, 0.3) is 5.91 Å². The van der Waals surface area contributed by atoms with Crippen molar-refractivity contribution in [1.29, 1.82) is 0 Å². The summed E-state index contributed by atoms with van der Waals surface area (Å²) < 4.78 is 6.65. The maximum atomic E-state index is 11.9. The molecular weight excluding hydrogens is 370 g/mol. The molecule has 0 aliphatic rings. The van der Waals surface area contributed by atoms with Crippen molar-refractivity contribution < 1.29 is 9.21 Å². The number of benzene rings is 2. The molecule has 3 rings (SSSR count). The third-order valence-electron chi connectivity index (χ3n) is 3.30. The lowest BCUT2D eigenvalue weighted by Crippen LogP contribution is -2.17. The fraction of sp³-hybridized carbons (Fsp3) is 0. The van der Waals surface area contributed by atoms with E-state index in [1.807, 2.05) is 30.3 Å². The van der Waals surface area contributed by atoms with Gasteiger partial charge in [-0.05, 0) is 42.5 Å². The molecule has 0 atom stereocenters. The predicted molar refractivity (Wildman–Crippen MR) is 97.8 cm³/mol. The molecule has 1 aromatic heterocycles. The van der Waals surface area contributed by atoms with Crippen LogP contribution in [0.4, 0.5) is 5.69 Å². The van der Waals surface area contributed by atoms with E-state index in [2.05, 4.69) is 26.5 Å². The molecule has 6 heteroatoms. The molecule has 0 aliphatic heterocycles. The SMILES string of the molecule is Nc1ccc(C(=O)N/N=C\c2ccc(-c3ccccc3Br)o2)cc1. The lowest BCUT2D eigenvalue weighted by atomic mass is 10.2. The number of carbonyl (C=O) groups is 1. The molecule has 0 saturated carbocycles. The first-order valence-corrected chi connectivity index (χ1v) is 7.96. The highest BCUT2D eigenvalue weighted by Gasteiger charge is 2.07. The van der Waals surface area contributed by atoms with E-state index < -0.39 is 0 Å². The number of nitrogens with zero attached hydrogens (tertiary/aromatic N) is 1. The highest BCUT2D eigenvalue weighted by Crippen LogP contribution is 2.28. The van der Waals surface area contributed by atoms with Crippen LogP contribution in [0.5, 0.6) is 0 Å². The summed E-state index contributed by atoms with van der Waals surface area (Å²) in [6.45, 7) is 0. The second kappa shape index (κ2) is 7.14. The van der Waals surface area contributed by atoms with Crippen molar-refractivity contribution in [2.24, 2.45) is 5.10 Å². The van der Waals surface area contributed by atoms with Gasteiger partial charge in [-0.2, -0.15) is 5.10 Å². The first-order chi connectivity index (χ1) is 11.6. The van der Waals surface area contributed by atoms with Crippen molar-refractivity contribution >= 4 is 33.7 Å². The van der Waals surface area contributed by atoms with Crippen LogP contribution in [0.25, 0.3) is 11.3 Å². The average molecular weight is 384 g/mol. The first-order valence-electron chi connectivity index (χ1n) is 7.17. The van der Waals surface area contributed by atoms with Crippen LogP contribution in [0.2, 0.25) is 0 Å². The van der Waals surface area contributed by atoms with Gasteiger partial charge in [0.2, 0.25) is 0 Å². The van der Waals surface area contributed by atoms with Crippen LogP contribution in [0.3, 0.4) is 0 Å². The number of nitrogens with two attached hydrogens (primary N) is 1. The van der Waals surface area contributed by atoms with Crippen LogP contribution in [0, 0.1) is 0 Å². The van der Waals surface area contributed by atoms with E-state index in [0.29, 0.717) is 22.8 Å². The van der Waals surface area contributed by atoms with E-state index in [-0.39, 0.29) is 5.91 Å². The molecule has 0 bridgehead atoms. The molecular formula is C18H14BrN3O2. The number of amides is 1. The van der Waals surface area contributed by atoms with Crippen molar-refractivity contribution in [3.63, 3.8) is 0 Å². The Bertz CT molecular complexity index is 885. The van der Waals surface area contributed by atoms with E-state index in [1.165, 1.54) is 6.21 Å². The Morgan fingerprint density at radius 1 is 1.08 bits per heavy atom. The summed E-state index contributed by atoms with van der Waals surface area (Å²) in [6, 6.07) is 18.0. The van der Waals surface area contributed by atoms with Gasteiger partial charge in [0.05, 0.1) is 6.21 Å². The topological polar surface area (TPSA) is 80.6 Å². The predicted octanol–water partition coefficient (Wildman–Crippen LogP) is 4.06. The molecule has 3 aromatic rings. The number of hydrogen-bond acceptors (Lipinski definition) is 4.